The third kappa shape index (κ3) is 5.61. The minimum atomic E-state index is -3.98. The van der Waals surface area contributed by atoms with Crippen molar-refractivity contribution in [1.29, 1.82) is 0 Å². The van der Waals surface area contributed by atoms with Gasteiger partial charge in [-0.1, -0.05) is 30.3 Å². The predicted molar refractivity (Wildman–Crippen MR) is 98.2 cm³/mol. The maximum absolute atomic E-state index is 12.5. The minimum Gasteiger partial charge on any atom is -0.374 e. The highest BCUT2D eigenvalue weighted by Gasteiger charge is 2.17. The van der Waals surface area contributed by atoms with Gasteiger partial charge in [0.05, 0.1) is 22.5 Å². The van der Waals surface area contributed by atoms with Crippen LogP contribution in [0.3, 0.4) is 0 Å². The first-order chi connectivity index (χ1) is 12.1. The molecule has 2 aromatic rings. The van der Waals surface area contributed by atoms with Crippen molar-refractivity contribution in [1.82, 2.24) is 4.72 Å². The van der Waals surface area contributed by atoms with E-state index in [2.05, 4.69) is 4.72 Å². The van der Waals surface area contributed by atoms with Gasteiger partial charge in [0.2, 0.25) is 20.0 Å². The van der Waals surface area contributed by atoms with Crippen LogP contribution in [-0.4, -0.2) is 22.9 Å². The second-order valence-corrected chi connectivity index (χ2v) is 9.30. The molecule has 0 aliphatic rings. The Morgan fingerprint density at radius 1 is 0.962 bits per heavy atom. The van der Waals surface area contributed by atoms with Gasteiger partial charge in [0.1, 0.15) is 0 Å². The summed E-state index contributed by atoms with van der Waals surface area (Å²) in [5.41, 5.74) is 1.65. The van der Waals surface area contributed by atoms with Crippen molar-refractivity contribution in [2.45, 2.75) is 42.9 Å². The molecule has 142 valence electrons. The maximum atomic E-state index is 12.5. The fourth-order valence-corrected chi connectivity index (χ4v) is 3.89. The van der Waals surface area contributed by atoms with Crippen LogP contribution >= 0.6 is 0 Å². The molecule has 0 spiro atoms. The molecule has 0 aliphatic heterocycles. The SMILES string of the molecule is CC(C)OCc1ccccc1CNS(=O)(=O)c1cccc(S(N)(=O)=O)c1. The first kappa shape index (κ1) is 20.5. The second kappa shape index (κ2) is 8.28. The molecule has 0 aliphatic carbocycles. The largest absolute Gasteiger partial charge is 0.374 e. The summed E-state index contributed by atoms with van der Waals surface area (Å²) in [7, 11) is -7.88. The molecule has 7 nitrogen and oxygen atoms in total. The van der Waals surface area contributed by atoms with Gasteiger partial charge in [-0.15, -0.1) is 0 Å². The van der Waals surface area contributed by atoms with Crippen molar-refractivity contribution < 1.29 is 21.6 Å². The van der Waals surface area contributed by atoms with Gasteiger partial charge >= 0.3 is 0 Å². The molecule has 2 aromatic carbocycles. The van der Waals surface area contributed by atoms with Gasteiger partial charge < -0.3 is 4.74 Å². The van der Waals surface area contributed by atoms with E-state index in [0.29, 0.717) is 6.61 Å². The minimum absolute atomic E-state index is 0.0551. The lowest BCUT2D eigenvalue weighted by Gasteiger charge is -2.13. The Morgan fingerprint density at radius 3 is 2.19 bits per heavy atom. The molecule has 3 N–H and O–H groups in total. The molecular formula is C17H22N2O5S2. The Morgan fingerprint density at radius 2 is 1.58 bits per heavy atom. The van der Waals surface area contributed by atoms with Crippen LogP contribution in [0.25, 0.3) is 0 Å². The van der Waals surface area contributed by atoms with Gasteiger partial charge in [0.15, 0.2) is 0 Å². The zero-order valence-corrected chi connectivity index (χ0v) is 16.2. The number of ether oxygens (including phenoxy) is 1. The monoisotopic (exact) mass is 398 g/mol. The number of primary sulfonamides is 1. The Balaban J connectivity index is 2.19. The van der Waals surface area contributed by atoms with Crippen LogP contribution in [0.5, 0.6) is 0 Å². The van der Waals surface area contributed by atoms with Gasteiger partial charge in [0.25, 0.3) is 0 Å². The average Bonchev–Trinajstić information content (AvgIpc) is 2.58. The van der Waals surface area contributed by atoms with Gasteiger partial charge in [-0.3, -0.25) is 0 Å². The summed E-state index contributed by atoms with van der Waals surface area (Å²) in [6.07, 6.45) is 0.0562. The van der Waals surface area contributed by atoms with E-state index in [0.717, 1.165) is 17.2 Å². The highest BCUT2D eigenvalue weighted by molar-refractivity contribution is 7.90. The zero-order valence-electron chi connectivity index (χ0n) is 14.5. The van der Waals surface area contributed by atoms with E-state index in [4.69, 9.17) is 9.88 Å². The van der Waals surface area contributed by atoms with Crippen LogP contribution in [0.2, 0.25) is 0 Å². The summed E-state index contributed by atoms with van der Waals surface area (Å²) in [6.45, 7) is 4.27. The summed E-state index contributed by atoms with van der Waals surface area (Å²) in [4.78, 5) is -0.425. The Bertz CT molecular complexity index is 970. The normalized spacial score (nSPS) is 12.5. The molecule has 2 rings (SSSR count). The Labute approximate surface area is 154 Å². The molecular weight excluding hydrogens is 376 g/mol. The molecule has 0 fully saturated rings. The fraction of sp³-hybridized carbons (Fsp3) is 0.294. The Kier molecular flexibility index (Phi) is 6.53. The van der Waals surface area contributed by atoms with Crippen molar-refractivity contribution in [2.24, 2.45) is 5.14 Å². The average molecular weight is 399 g/mol. The lowest BCUT2D eigenvalue weighted by atomic mass is 10.1. The lowest BCUT2D eigenvalue weighted by Crippen LogP contribution is -2.24. The third-order valence-corrected chi connectivity index (χ3v) is 5.90. The zero-order chi connectivity index (χ0) is 19.4. The topological polar surface area (TPSA) is 116 Å². The summed E-state index contributed by atoms with van der Waals surface area (Å²) in [5, 5.41) is 5.05. The van der Waals surface area contributed by atoms with Crippen LogP contribution in [0, 0.1) is 0 Å². The number of hydrogen-bond donors (Lipinski definition) is 2. The first-order valence-electron chi connectivity index (χ1n) is 7.90. The van der Waals surface area contributed by atoms with E-state index in [-0.39, 0.29) is 22.4 Å². The molecule has 0 heterocycles. The van der Waals surface area contributed by atoms with E-state index in [1.54, 1.807) is 0 Å². The van der Waals surface area contributed by atoms with Crippen molar-refractivity contribution in [3.05, 3.63) is 59.7 Å². The smallest absolute Gasteiger partial charge is 0.240 e. The van der Waals surface area contributed by atoms with E-state index in [1.807, 2.05) is 38.1 Å². The summed E-state index contributed by atoms with van der Waals surface area (Å²) in [5.74, 6) is 0. The van der Waals surface area contributed by atoms with Gasteiger partial charge in [-0.05, 0) is 43.2 Å². The van der Waals surface area contributed by atoms with Crippen LogP contribution in [0.15, 0.2) is 58.3 Å². The molecule has 0 amide bonds. The van der Waals surface area contributed by atoms with E-state index >= 15 is 0 Å². The fourth-order valence-electron chi connectivity index (χ4n) is 2.20. The van der Waals surface area contributed by atoms with Crippen LogP contribution in [0.4, 0.5) is 0 Å². The number of rotatable bonds is 8. The molecule has 0 saturated heterocycles. The maximum Gasteiger partial charge on any atom is 0.240 e. The lowest BCUT2D eigenvalue weighted by molar-refractivity contribution is 0.0652. The highest BCUT2D eigenvalue weighted by atomic mass is 32.2. The predicted octanol–water partition coefficient (Wildman–Crippen LogP) is 1.74. The highest BCUT2D eigenvalue weighted by Crippen LogP contribution is 2.16. The molecule has 0 saturated carbocycles. The summed E-state index contributed by atoms with van der Waals surface area (Å²) < 4.78 is 55.9. The quantitative estimate of drug-likeness (QED) is 0.703. The molecule has 9 heteroatoms. The number of hydrogen-bond acceptors (Lipinski definition) is 5. The summed E-state index contributed by atoms with van der Waals surface area (Å²) >= 11 is 0. The molecule has 0 unspecified atom stereocenters. The van der Waals surface area contributed by atoms with E-state index in [1.165, 1.54) is 18.2 Å². The van der Waals surface area contributed by atoms with Crippen molar-refractivity contribution in [3.8, 4) is 0 Å². The van der Waals surface area contributed by atoms with Crippen LogP contribution in [-0.2, 0) is 37.9 Å². The number of sulfonamides is 2. The molecule has 26 heavy (non-hydrogen) atoms. The van der Waals surface area contributed by atoms with E-state index < -0.39 is 20.0 Å². The number of benzene rings is 2. The third-order valence-electron chi connectivity index (χ3n) is 3.59. The van der Waals surface area contributed by atoms with Crippen LogP contribution < -0.4 is 9.86 Å². The van der Waals surface area contributed by atoms with Crippen molar-refractivity contribution in [3.63, 3.8) is 0 Å². The molecule has 0 radical (unpaired) electrons. The number of nitrogens with two attached hydrogens (primary N) is 1. The first-order valence-corrected chi connectivity index (χ1v) is 10.9. The molecule has 0 bridgehead atoms. The van der Waals surface area contributed by atoms with Crippen LogP contribution in [0.1, 0.15) is 25.0 Å². The van der Waals surface area contributed by atoms with Gasteiger partial charge in [-0.2, -0.15) is 0 Å². The summed E-state index contributed by atoms with van der Waals surface area (Å²) in [6, 6.07) is 12.3. The molecule has 0 atom stereocenters. The molecule has 0 aromatic heterocycles. The van der Waals surface area contributed by atoms with Gasteiger partial charge in [-0.25, -0.2) is 26.7 Å². The van der Waals surface area contributed by atoms with Gasteiger partial charge in [0, 0.05) is 6.54 Å². The van der Waals surface area contributed by atoms with E-state index in [9.17, 15) is 16.8 Å². The standard InChI is InChI=1S/C17H22N2O5S2/c1-13(2)24-12-15-7-4-3-6-14(15)11-19-26(22,23)17-9-5-8-16(10-17)25(18,20)21/h3-10,13,19H,11-12H2,1-2H3,(H2,18,20,21). The van der Waals surface area contributed by atoms with Crippen molar-refractivity contribution >= 4 is 20.0 Å². The second-order valence-electron chi connectivity index (χ2n) is 5.97. The number of nitrogens with one attached hydrogen (secondary N) is 1. The van der Waals surface area contributed by atoms with Crippen molar-refractivity contribution in [2.75, 3.05) is 0 Å². The Hall–Kier alpha value is -1.78.